The number of aliphatic hydroxyl groups is 1. The molecular formula is C17H24N2O3. The van der Waals surface area contributed by atoms with Gasteiger partial charge in [0.1, 0.15) is 0 Å². The second-order valence-electron chi connectivity index (χ2n) is 6.20. The maximum absolute atomic E-state index is 12.5. The average Bonchev–Trinajstić information content (AvgIpc) is 2.47. The summed E-state index contributed by atoms with van der Waals surface area (Å²) in [6.07, 6.45) is 1.80. The van der Waals surface area contributed by atoms with E-state index in [1.165, 1.54) is 6.92 Å². The minimum Gasteiger partial charge on any atom is -0.385 e. The Morgan fingerprint density at radius 1 is 1.36 bits per heavy atom. The first-order valence-electron chi connectivity index (χ1n) is 7.71. The number of benzene rings is 1. The molecule has 1 aliphatic rings. The maximum Gasteiger partial charge on any atom is 0.225 e. The molecule has 0 bridgehead atoms. The van der Waals surface area contributed by atoms with E-state index in [1.807, 2.05) is 30.3 Å². The highest BCUT2D eigenvalue weighted by Gasteiger charge is 2.31. The summed E-state index contributed by atoms with van der Waals surface area (Å²) < 4.78 is 0. The molecule has 120 valence electrons. The predicted octanol–water partition coefficient (Wildman–Crippen LogP) is 1.41. The second-order valence-corrected chi connectivity index (χ2v) is 6.20. The Hall–Kier alpha value is -1.88. The highest BCUT2D eigenvalue weighted by atomic mass is 16.3. The Labute approximate surface area is 131 Å². The normalized spacial score (nSPS) is 21.0. The maximum atomic E-state index is 12.5. The molecule has 1 aromatic rings. The van der Waals surface area contributed by atoms with Gasteiger partial charge in [0.05, 0.1) is 12.0 Å². The van der Waals surface area contributed by atoms with Crippen molar-refractivity contribution in [3.63, 3.8) is 0 Å². The van der Waals surface area contributed by atoms with Gasteiger partial charge in [0.25, 0.3) is 0 Å². The minimum atomic E-state index is -1.18. The largest absolute Gasteiger partial charge is 0.385 e. The molecule has 0 radical (unpaired) electrons. The van der Waals surface area contributed by atoms with Crippen molar-refractivity contribution >= 4 is 11.8 Å². The Kier molecular flexibility index (Phi) is 5.19. The molecule has 22 heavy (non-hydrogen) atoms. The fraction of sp³-hybridized carbons (Fsp3) is 0.529. The topological polar surface area (TPSA) is 69.6 Å². The fourth-order valence-corrected chi connectivity index (χ4v) is 2.91. The van der Waals surface area contributed by atoms with Crippen LogP contribution in [-0.4, -0.2) is 41.0 Å². The molecular weight excluding hydrogens is 280 g/mol. The van der Waals surface area contributed by atoms with Gasteiger partial charge in [-0.2, -0.15) is 0 Å². The predicted molar refractivity (Wildman–Crippen MR) is 84.0 cm³/mol. The number of carbonyl (C=O) groups excluding carboxylic acids is 2. The lowest BCUT2D eigenvalue weighted by Gasteiger charge is -2.35. The summed E-state index contributed by atoms with van der Waals surface area (Å²) in [7, 11) is 0. The quantitative estimate of drug-likeness (QED) is 0.883. The lowest BCUT2D eigenvalue weighted by molar-refractivity contribution is -0.138. The molecule has 1 aliphatic heterocycles. The van der Waals surface area contributed by atoms with E-state index in [9.17, 15) is 14.7 Å². The van der Waals surface area contributed by atoms with Gasteiger partial charge in [0.15, 0.2) is 0 Å². The molecule has 5 nitrogen and oxygen atoms in total. The number of likely N-dealkylation sites (tertiary alicyclic amines) is 1. The van der Waals surface area contributed by atoms with Crippen molar-refractivity contribution in [2.75, 3.05) is 13.1 Å². The van der Waals surface area contributed by atoms with Crippen LogP contribution in [-0.2, 0) is 15.2 Å². The first kappa shape index (κ1) is 16.5. The highest BCUT2D eigenvalue weighted by molar-refractivity contribution is 5.78. The average molecular weight is 304 g/mol. The van der Waals surface area contributed by atoms with Crippen LogP contribution in [0.1, 0.15) is 38.7 Å². The lowest BCUT2D eigenvalue weighted by Crippen LogP contribution is -2.50. The number of rotatable bonds is 4. The number of hydrogen-bond acceptors (Lipinski definition) is 3. The van der Waals surface area contributed by atoms with E-state index in [0.29, 0.717) is 13.1 Å². The smallest absolute Gasteiger partial charge is 0.225 e. The summed E-state index contributed by atoms with van der Waals surface area (Å²) in [5.41, 5.74) is -0.446. The van der Waals surface area contributed by atoms with Gasteiger partial charge in [0, 0.05) is 26.1 Å². The van der Waals surface area contributed by atoms with Crippen LogP contribution in [0.3, 0.4) is 0 Å². The Bertz CT molecular complexity index is 528. The number of amides is 2. The molecule has 0 aliphatic carbocycles. The standard InChI is InChI=1S/C17H24N2O3/c1-13(20)18-15-9-6-10-19(12-15)16(21)11-17(2,22)14-7-4-3-5-8-14/h3-5,7-8,15,22H,6,9-12H2,1-2H3,(H,18,20). The van der Waals surface area contributed by atoms with Crippen molar-refractivity contribution in [2.24, 2.45) is 0 Å². The van der Waals surface area contributed by atoms with Gasteiger partial charge in [0.2, 0.25) is 11.8 Å². The third kappa shape index (κ3) is 4.31. The first-order valence-corrected chi connectivity index (χ1v) is 7.71. The third-order valence-electron chi connectivity index (χ3n) is 4.07. The van der Waals surface area contributed by atoms with Gasteiger partial charge < -0.3 is 15.3 Å². The molecule has 2 rings (SSSR count). The minimum absolute atomic E-state index is 0.0110. The number of hydrogen-bond donors (Lipinski definition) is 2. The van der Waals surface area contributed by atoms with Crippen molar-refractivity contribution in [1.82, 2.24) is 10.2 Å². The third-order valence-corrected chi connectivity index (χ3v) is 4.07. The van der Waals surface area contributed by atoms with E-state index in [0.717, 1.165) is 18.4 Å². The van der Waals surface area contributed by atoms with Crippen LogP contribution in [0.2, 0.25) is 0 Å². The molecule has 1 saturated heterocycles. The molecule has 1 heterocycles. The van der Waals surface area contributed by atoms with E-state index >= 15 is 0 Å². The molecule has 1 aromatic carbocycles. The van der Waals surface area contributed by atoms with Crippen LogP contribution < -0.4 is 5.32 Å². The van der Waals surface area contributed by atoms with Crippen LogP contribution in [0.25, 0.3) is 0 Å². The van der Waals surface area contributed by atoms with Crippen molar-refractivity contribution in [2.45, 2.75) is 44.8 Å². The van der Waals surface area contributed by atoms with E-state index in [4.69, 9.17) is 0 Å². The fourth-order valence-electron chi connectivity index (χ4n) is 2.91. The molecule has 1 fully saturated rings. The van der Waals surface area contributed by atoms with E-state index < -0.39 is 5.60 Å². The van der Waals surface area contributed by atoms with Gasteiger partial charge in [-0.05, 0) is 25.3 Å². The van der Waals surface area contributed by atoms with Gasteiger partial charge in [-0.1, -0.05) is 30.3 Å². The van der Waals surface area contributed by atoms with E-state index in [1.54, 1.807) is 11.8 Å². The van der Waals surface area contributed by atoms with Crippen LogP contribution in [0.15, 0.2) is 30.3 Å². The summed E-state index contributed by atoms with van der Waals surface area (Å²) >= 11 is 0. The molecule has 2 amide bonds. The zero-order valence-electron chi connectivity index (χ0n) is 13.2. The van der Waals surface area contributed by atoms with E-state index in [-0.39, 0.29) is 24.3 Å². The molecule has 0 saturated carbocycles. The lowest BCUT2D eigenvalue weighted by atomic mass is 9.91. The molecule has 5 heteroatoms. The number of nitrogens with one attached hydrogen (secondary N) is 1. The van der Waals surface area contributed by atoms with Crippen LogP contribution in [0, 0.1) is 0 Å². The molecule has 2 N–H and O–H groups in total. The van der Waals surface area contributed by atoms with Crippen molar-refractivity contribution < 1.29 is 14.7 Å². The summed E-state index contributed by atoms with van der Waals surface area (Å²) in [5.74, 6) is -0.153. The Morgan fingerprint density at radius 3 is 2.68 bits per heavy atom. The van der Waals surface area contributed by atoms with Crippen molar-refractivity contribution in [3.8, 4) is 0 Å². The van der Waals surface area contributed by atoms with E-state index in [2.05, 4.69) is 5.32 Å². The zero-order valence-corrected chi connectivity index (χ0v) is 13.2. The van der Waals surface area contributed by atoms with Gasteiger partial charge in [-0.3, -0.25) is 9.59 Å². The number of piperidine rings is 1. The highest BCUT2D eigenvalue weighted by Crippen LogP contribution is 2.25. The molecule has 2 atom stereocenters. The van der Waals surface area contributed by atoms with Crippen molar-refractivity contribution in [3.05, 3.63) is 35.9 Å². The van der Waals surface area contributed by atoms with Gasteiger partial charge >= 0.3 is 0 Å². The van der Waals surface area contributed by atoms with Crippen LogP contribution in [0.5, 0.6) is 0 Å². The SMILES string of the molecule is CC(=O)NC1CCCN(C(=O)CC(C)(O)c2ccccc2)C1. The summed E-state index contributed by atoms with van der Waals surface area (Å²) in [4.78, 5) is 25.4. The van der Waals surface area contributed by atoms with Gasteiger partial charge in [-0.15, -0.1) is 0 Å². The Morgan fingerprint density at radius 2 is 2.05 bits per heavy atom. The molecule has 2 unspecified atom stereocenters. The first-order chi connectivity index (χ1) is 10.4. The monoisotopic (exact) mass is 304 g/mol. The van der Waals surface area contributed by atoms with Crippen molar-refractivity contribution in [1.29, 1.82) is 0 Å². The molecule has 0 aromatic heterocycles. The zero-order chi connectivity index (χ0) is 16.2. The Balaban J connectivity index is 1.98. The summed E-state index contributed by atoms with van der Waals surface area (Å²) in [6, 6.07) is 9.23. The molecule has 0 spiro atoms. The summed E-state index contributed by atoms with van der Waals surface area (Å²) in [6.45, 7) is 4.35. The second kappa shape index (κ2) is 6.92. The number of carbonyl (C=O) groups is 2. The summed E-state index contributed by atoms with van der Waals surface area (Å²) in [5, 5.41) is 13.4. The number of nitrogens with zero attached hydrogens (tertiary/aromatic N) is 1. The van der Waals surface area contributed by atoms with Gasteiger partial charge in [-0.25, -0.2) is 0 Å². The van der Waals surface area contributed by atoms with Crippen LogP contribution >= 0.6 is 0 Å². The van der Waals surface area contributed by atoms with Crippen LogP contribution in [0.4, 0.5) is 0 Å².